The number of para-hydroxylation sites is 1. The summed E-state index contributed by atoms with van der Waals surface area (Å²) < 4.78 is 5.14. The summed E-state index contributed by atoms with van der Waals surface area (Å²) in [5.74, 6) is -1.04. The maximum atomic E-state index is 12.4. The molecule has 1 saturated heterocycles. The lowest BCUT2D eigenvalue weighted by Crippen LogP contribution is -2.27. The summed E-state index contributed by atoms with van der Waals surface area (Å²) in [6.45, 7) is 2.08. The van der Waals surface area contributed by atoms with Gasteiger partial charge in [-0.05, 0) is 37.1 Å². The summed E-state index contributed by atoms with van der Waals surface area (Å²) in [5.41, 5.74) is 1.56. The Bertz CT molecular complexity index is 717. The summed E-state index contributed by atoms with van der Waals surface area (Å²) in [6, 6.07) is 10.4. The van der Waals surface area contributed by atoms with Gasteiger partial charge in [-0.3, -0.25) is 4.79 Å². The average molecular weight is 314 g/mol. The van der Waals surface area contributed by atoms with Crippen LogP contribution in [0.3, 0.4) is 0 Å². The highest BCUT2D eigenvalue weighted by Crippen LogP contribution is 2.24. The summed E-state index contributed by atoms with van der Waals surface area (Å²) in [7, 11) is 0. The largest absolute Gasteiger partial charge is 0.475 e. The smallest absolute Gasteiger partial charge is 0.371 e. The molecular formula is C17H18N2O4. The minimum Gasteiger partial charge on any atom is -0.475 e. The van der Waals surface area contributed by atoms with E-state index in [2.05, 4.69) is 10.2 Å². The van der Waals surface area contributed by atoms with Gasteiger partial charge in [0.1, 0.15) is 5.76 Å². The molecule has 1 fully saturated rings. The Morgan fingerprint density at radius 3 is 2.57 bits per heavy atom. The minimum absolute atomic E-state index is 0.133. The molecule has 1 amide bonds. The topological polar surface area (TPSA) is 82.8 Å². The highest BCUT2D eigenvalue weighted by atomic mass is 16.4. The first kappa shape index (κ1) is 15.1. The van der Waals surface area contributed by atoms with Gasteiger partial charge < -0.3 is 19.7 Å². The maximum Gasteiger partial charge on any atom is 0.371 e. The number of nitrogens with one attached hydrogen (secondary N) is 1. The van der Waals surface area contributed by atoms with Crippen LogP contribution >= 0.6 is 0 Å². The first-order valence-electron chi connectivity index (χ1n) is 7.59. The Morgan fingerprint density at radius 2 is 1.87 bits per heavy atom. The molecule has 2 aromatic rings. The number of hydrogen-bond donors (Lipinski definition) is 2. The van der Waals surface area contributed by atoms with Crippen LogP contribution in [0.25, 0.3) is 0 Å². The number of furan rings is 1. The molecule has 6 nitrogen and oxygen atoms in total. The van der Waals surface area contributed by atoms with Gasteiger partial charge in [0.15, 0.2) is 0 Å². The Morgan fingerprint density at radius 1 is 1.13 bits per heavy atom. The van der Waals surface area contributed by atoms with Crippen LogP contribution in [0.1, 0.15) is 39.5 Å². The van der Waals surface area contributed by atoms with Crippen LogP contribution in [0.4, 0.5) is 5.69 Å². The lowest BCUT2D eigenvalue weighted by molar-refractivity contribution is 0.0660. The van der Waals surface area contributed by atoms with Gasteiger partial charge in [0.2, 0.25) is 5.76 Å². The van der Waals surface area contributed by atoms with E-state index in [9.17, 15) is 9.59 Å². The summed E-state index contributed by atoms with van der Waals surface area (Å²) >= 11 is 0. The third-order valence-corrected chi connectivity index (χ3v) is 3.89. The number of anilines is 1. The van der Waals surface area contributed by atoms with Gasteiger partial charge in [-0.25, -0.2) is 4.79 Å². The molecular weight excluding hydrogens is 296 g/mol. The second-order valence-corrected chi connectivity index (χ2v) is 5.47. The molecule has 2 heterocycles. The maximum absolute atomic E-state index is 12.4. The van der Waals surface area contributed by atoms with Crippen molar-refractivity contribution in [1.82, 2.24) is 5.32 Å². The van der Waals surface area contributed by atoms with Crippen LogP contribution < -0.4 is 10.2 Å². The zero-order valence-electron chi connectivity index (χ0n) is 12.6. The molecule has 1 aliphatic heterocycles. The molecule has 0 spiro atoms. The Hall–Kier alpha value is -2.76. The number of hydrogen-bond acceptors (Lipinski definition) is 4. The van der Waals surface area contributed by atoms with E-state index in [1.54, 1.807) is 12.1 Å². The van der Waals surface area contributed by atoms with E-state index in [4.69, 9.17) is 9.52 Å². The lowest BCUT2D eigenvalue weighted by atomic mass is 10.1. The third kappa shape index (κ3) is 3.36. The molecule has 1 aliphatic rings. The van der Waals surface area contributed by atoms with E-state index < -0.39 is 5.97 Å². The van der Waals surface area contributed by atoms with Gasteiger partial charge in [0.05, 0.1) is 12.1 Å². The van der Waals surface area contributed by atoms with Gasteiger partial charge in [-0.15, -0.1) is 0 Å². The van der Waals surface area contributed by atoms with Crippen LogP contribution in [-0.4, -0.2) is 30.1 Å². The van der Waals surface area contributed by atoms with Crippen molar-refractivity contribution in [3.8, 4) is 0 Å². The average Bonchev–Trinajstić information content (AvgIpc) is 3.24. The van der Waals surface area contributed by atoms with Gasteiger partial charge in [0.25, 0.3) is 5.91 Å². The van der Waals surface area contributed by atoms with E-state index in [1.165, 1.54) is 6.07 Å². The molecule has 0 atom stereocenters. The first-order valence-corrected chi connectivity index (χ1v) is 7.59. The Kier molecular flexibility index (Phi) is 4.32. The van der Waals surface area contributed by atoms with E-state index in [0.29, 0.717) is 11.3 Å². The molecule has 120 valence electrons. The molecule has 3 rings (SSSR count). The van der Waals surface area contributed by atoms with Gasteiger partial charge in [-0.1, -0.05) is 12.1 Å². The van der Waals surface area contributed by atoms with E-state index in [-0.39, 0.29) is 18.2 Å². The predicted molar refractivity (Wildman–Crippen MR) is 84.7 cm³/mol. The molecule has 0 aliphatic carbocycles. The minimum atomic E-state index is -1.12. The first-order chi connectivity index (χ1) is 11.1. The summed E-state index contributed by atoms with van der Waals surface area (Å²) in [4.78, 5) is 25.4. The molecule has 1 aromatic heterocycles. The predicted octanol–water partition coefficient (Wildman–Crippen LogP) is 2.51. The van der Waals surface area contributed by atoms with E-state index in [0.717, 1.165) is 31.6 Å². The van der Waals surface area contributed by atoms with Crippen molar-refractivity contribution in [3.05, 3.63) is 53.5 Å². The highest BCUT2D eigenvalue weighted by Gasteiger charge is 2.19. The van der Waals surface area contributed by atoms with Crippen LogP contribution in [0.2, 0.25) is 0 Å². The van der Waals surface area contributed by atoms with Crippen molar-refractivity contribution in [2.75, 3.05) is 18.0 Å². The number of aromatic carboxylic acids is 1. The zero-order chi connectivity index (χ0) is 16.2. The van der Waals surface area contributed by atoms with Gasteiger partial charge >= 0.3 is 5.97 Å². The number of carboxylic acids is 1. The second-order valence-electron chi connectivity index (χ2n) is 5.47. The number of carbonyl (C=O) groups is 2. The van der Waals surface area contributed by atoms with Crippen LogP contribution in [0, 0.1) is 0 Å². The normalized spacial score (nSPS) is 14.0. The fraction of sp³-hybridized carbons (Fsp3) is 0.294. The van der Waals surface area contributed by atoms with Crippen LogP contribution in [0.15, 0.2) is 40.8 Å². The Balaban J connectivity index is 1.69. The van der Waals surface area contributed by atoms with Crippen LogP contribution in [0.5, 0.6) is 0 Å². The number of nitrogens with zero attached hydrogens (tertiary/aromatic N) is 1. The van der Waals surface area contributed by atoms with Crippen LogP contribution in [-0.2, 0) is 6.54 Å². The zero-order valence-corrected chi connectivity index (χ0v) is 12.6. The lowest BCUT2D eigenvalue weighted by Gasteiger charge is -2.20. The van der Waals surface area contributed by atoms with Crippen molar-refractivity contribution >= 4 is 17.6 Å². The Labute approximate surface area is 133 Å². The molecule has 2 N–H and O–H groups in total. The SMILES string of the molecule is O=C(O)c1ccc(CNC(=O)c2ccccc2N2CCCC2)o1. The standard InChI is InChI=1S/C17H18N2O4/c20-16(18-11-12-7-8-15(23-12)17(21)22)13-5-1-2-6-14(13)19-9-3-4-10-19/h1-2,5-8H,3-4,9-11H2,(H,18,20)(H,21,22). The molecule has 23 heavy (non-hydrogen) atoms. The fourth-order valence-electron chi connectivity index (χ4n) is 2.75. The molecule has 0 saturated carbocycles. The quantitative estimate of drug-likeness (QED) is 0.886. The molecule has 0 unspecified atom stereocenters. The highest BCUT2D eigenvalue weighted by molar-refractivity contribution is 5.99. The van der Waals surface area contributed by atoms with Crippen molar-refractivity contribution in [2.45, 2.75) is 19.4 Å². The van der Waals surface area contributed by atoms with Gasteiger partial charge in [0, 0.05) is 18.8 Å². The number of amides is 1. The molecule has 0 bridgehead atoms. The van der Waals surface area contributed by atoms with Crippen molar-refractivity contribution in [2.24, 2.45) is 0 Å². The number of carboxylic acid groups (broad SMARTS) is 1. The molecule has 1 aromatic carbocycles. The third-order valence-electron chi connectivity index (χ3n) is 3.89. The van der Waals surface area contributed by atoms with Gasteiger partial charge in [-0.2, -0.15) is 0 Å². The number of carbonyl (C=O) groups excluding carboxylic acids is 1. The monoisotopic (exact) mass is 314 g/mol. The van der Waals surface area contributed by atoms with Crippen molar-refractivity contribution < 1.29 is 19.1 Å². The van der Waals surface area contributed by atoms with E-state index in [1.807, 2.05) is 18.2 Å². The summed E-state index contributed by atoms with van der Waals surface area (Å²) in [6.07, 6.45) is 2.28. The molecule has 0 radical (unpaired) electrons. The van der Waals surface area contributed by atoms with Crippen molar-refractivity contribution in [3.63, 3.8) is 0 Å². The molecule has 6 heteroatoms. The fourth-order valence-corrected chi connectivity index (χ4v) is 2.75. The summed E-state index contributed by atoms with van der Waals surface area (Å²) in [5, 5.41) is 11.6. The van der Waals surface area contributed by atoms with Crippen molar-refractivity contribution in [1.29, 1.82) is 0 Å². The van der Waals surface area contributed by atoms with E-state index >= 15 is 0 Å². The number of rotatable bonds is 5. The number of benzene rings is 1. The second kappa shape index (κ2) is 6.56.